The predicted molar refractivity (Wildman–Crippen MR) is 95.6 cm³/mol. The number of benzene rings is 1. The van der Waals surface area contributed by atoms with E-state index in [-0.39, 0.29) is 11.8 Å². The second-order valence-corrected chi connectivity index (χ2v) is 6.48. The molecule has 0 aliphatic heterocycles. The lowest BCUT2D eigenvalue weighted by Gasteiger charge is -2.06. The first-order valence-electron chi connectivity index (χ1n) is 7.67. The van der Waals surface area contributed by atoms with Gasteiger partial charge in [-0.25, -0.2) is 4.98 Å². The molecule has 25 heavy (non-hydrogen) atoms. The Morgan fingerprint density at radius 1 is 1.20 bits per heavy atom. The van der Waals surface area contributed by atoms with Gasteiger partial charge in [0.1, 0.15) is 12.0 Å². The van der Waals surface area contributed by atoms with Crippen LogP contribution in [-0.4, -0.2) is 23.8 Å². The topological polar surface area (TPSA) is 84.2 Å². The van der Waals surface area contributed by atoms with E-state index in [0.717, 1.165) is 16.3 Å². The fraction of sp³-hybridized carbons (Fsp3) is 0.167. The standard InChI is InChI=1S/C18H17N3O3S/c1-11-21-15(10-25-11)16-7-14(9-24-16)18(23)20-8-12-4-3-5-13(6-12)17(22)19-2/h3-7,9-10H,8H2,1-2H3,(H,19,22)(H,20,23). The molecule has 0 bridgehead atoms. The molecule has 2 amide bonds. The SMILES string of the molecule is CNC(=O)c1cccc(CNC(=O)c2coc(-c3csc(C)n3)c2)c1. The summed E-state index contributed by atoms with van der Waals surface area (Å²) < 4.78 is 5.43. The molecule has 2 heterocycles. The van der Waals surface area contributed by atoms with Gasteiger partial charge in [0.05, 0.1) is 10.6 Å². The molecule has 0 saturated carbocycles. The number of nitrogens with zero attached hydrogens (tertiary/aromatic N) is 1. The number of rotatable bonds is 5. The van der Waals surface area contributed by atoms with E-state index in [1.807, 2.05) is 18.4 Å². The average Bonchev–Trinajstić information content (AvgIpc) is 3.28. The van der Waals surface area contributed by atoms with Crippen LogP contribution in [0.3, 0.4) is 0 Å². The Balaban J connectivity index is 1.65. The molecular formula is C18H17N3O3S. The van der Waals surface area contributed by atoms with Gasteiger partial charge >= 0.3 is 0 Å². The minimum Gasteiger partial charge on any atom is -0.462 e. The molecule has 0 unspecified atom stereocenters. The second-order valence-electron chi connectivity index (χ2n) is 5.41. The number of amides is 2. The van der Waals surface area contributed by atoms with Gasteiger partial charge in [-0.1, -0.05) is 12.1 Å². The molecule has 0 saturated heterocycles. The third kappa shape index (κ3) is 3.95. The van der Waals surface area contributed by atoms with Gasteiger partial charge in [-0.2, -0.15) is 0 Å². The van der Waals surface area contributed by atoms with E-state index in [1.54, 1.807) is 31.3 Å². The maximum Gasteiger partial charge on any atom is 0.254 e. The number of aryl methyl sites for hydroxylation is 1. The Bertz CT molecular complexity index is 914. The van der Waals surface area contributed by atoms with E-state index in [1.165, 1.54) is 17.6 Å². The minimum atomic E-state index is -0.243. The predicted octanol–water partition coefficient (Wildman–Crippen LogP) is 3.00. The van der Waals surface area contributed by atoms with Gasteiger partial charge in [-0.05, 0) is 30.7 Å². The van der Waals surface area contributed by atoms with Gasteiger partial charge in [0.15, 0.2) is 5.76 Å². The van der Waals surface area contributed by atoms with Crippen molar-refractivity contribution in [2.24, 2.45) is 0 Å². The van der Waals surface area contributed by atoms with E-state index in [2.05, 4.69) is 15.6 Å². The van der Waals surface area contributed by atoms with Crippen LogP contribution in [0.2, 0.25) is 0 Å². The van der Waals surface area contributed by atoms with Crippen molar-refractivity contribution in [2.45, 2.75) is 13.5 Å². The molecule has 128 valence electrons. The van der Waals surface area contributed by atoms with Crippen molar-refractivity contribution in [2.75, 3.05) is 7.05 Å². The van der Waals surface area contributed by atoms with Gasteiger partial charge in [0.25, 0.3) is 11.8 Å². The summed E-state index contributed by atoms with van der Waals surface area (Å²) in [4.78, 5) is 28.3. The number of hydrogen-bond acceptors (Lipinski definition) is 5. The van der Waals surface area contributed by atoms with E-state index < -0.39 is 0 Å². The molecule has 0 atom stereocenters. The van der Waals surface area contributed by atoms with Gasteiger partial charge < -0.3 is 15.1 Å². The summed E-state index contributed by atoms with van der Waals surface area (Å²) in [7, 11) is 1.58. The molecule has 6 nitrogen and oxygen atoms in total. The number of thiazole rings is 1. The zero-order valence-electron chi connectivity index (χ0n) is 13.8. The zero-order chi connectivity index (χ0) is 17.8. The largest absolute Gasteiger partial charge is 0.462 e. The second kappa shape index (κ2) is 7.31. The molecule has 3 aromatic rings. The highest BCUT2D eigenvalue weighted by atomic mass is 32.1. The molecule has 0 spiro atoms. The lowest BCUT2D eigenvalue weighted by atomic mass is 10.1. The molecule has 3 rings (SSSR count). The third-order valence-electron chi connectivity index (χ3n) is 3.60. The molecule has 0 radical (unpaired) electrons. The number of aromatic nitrogens is 1. The van der Waals surface area contributed by atoms with E-state index in [0.29, 0.717) is 23.4 Å². The van der Waals surface area contributed by atoms with Crippen LogP contribution >= 0.6 is 11.3 Å². The van der Waals surface area contributed by atoms with Crippen LogP contribution in [0.4, 0.5) is 0 Å². The summed E-state index contributed by atoms with van der Waals surface area (Å²) >= 11 is 1.53. The number of carbonyl (C=O) groups excluding carboxylic acids is 2. The van der Waals surface area contributed by atoms with Crippen molar-refractivity contribution in [1.29, 1.82) is 0 Å². The fourth-order valence-corrected chi connectivity index (χ4v) is 2.92. The number of hydrogen-bond donors (Lipinski definition) is 2. The highest BCUT2D eigenvalue weighted by Gasteiger charge is 2.13. The van der Waals surface area contributed by atoms with Crippen LogP contribution in [0.25, 0.3) is 11.5 Å². The Labute approximate surface area is 148 Å². The molecule has 2 aromatic heterocycles. The van der Waals surface area contributed by atoms with Crippen LogP contribution in [0.15, 0.2) is 46.4 Å². The maximum absolute atomic E-state index is 12.3. The smallest absolute Gasteiger partial charge is 0.254 e. The van der Waals surface area contributed by atoms with Gasteiger partial charge in [0, 0.05) is 24.5 Å². The quantitative estimate of drug-likeness (QED) is 0.737. The molecular weight excluding hydrogens is 338 g/mol. The molecule has 7 heteroatoms. The summed E-state index contributed by atoms with van der Waals surface area (Å²) in [6.07, 6.45) is 1.42. The number of nitrogens with one attached hydrogen (secondary N) is 2. The Morgan fingerprint density at radius 2 is 2.04 bits per heavy atom. The first-order valence-corrected chi connectivity index (χ1v) is 8.55. The summed E-state index contributed by atoms with van der Waals surface area (Å²) in [6, 6.07) is 8.78. The van der Waals surface area contributed by atoms with Crippen molar-refractivity contribution >= 4 is 23.2 Å². The highest BCUT2D eigenvalue weighted by Crippen LogP contribution is 2.23. The van der Waals surface area contributed by atoms with E-state index >= 15 is 0 Å². The number of carbonyl (C=O) groups is 2. The van der Waals surface area contributed by atoms with Crippen molar-refractivity contribution in [3.05, 3.63) is 63.7 Å². The van der Waals surface area contributed by atoms with Crippen LogP contribution in [0.1, 0.15) is 31.3 Å². The van der Waals surface area contributed by atoms with Crippen molar-refractivity contribution in [3.8, 4) is 11.5 Å². The molecule has 2 N–H and O–H groups in total. The van der Waals surface area contributed by atoms with E-state index in [4.69, 9.17) is 4.42 Å². The lowest BCUT2D eigenvalue weighted by molar-refractivity contribution is 0.0948. The van der Waals surface area contributed by atoms with Crippen molar-refractivity contribution in [3.63, 3.8) is 0 Å². The first kappa shape index (κ1) is 16.9. The molecule has 0 fully saturated rings. The minimum absolute atomic E-state index is 0.161. The monoisotopic (exact) mass is 355 g/mol. The first-order chi connectivity index (χ1) is 12.1. The Hall–Kier alpha value is -2.93. The summed E-state index contributed by atoms with van der Waals surface area (Å²) in [5, 5.41) is 8.22. The van der Waals surface area contributed by atoms with Crippen LogP contribution in [-0.2, 0) is 6.54 Å². The summed E-state index contributed by atoms with van der Waals surface area (Å²) in [6.45, 7) is 2.23. The van der Waals surface area contributed by atoms with Crippen LogP contribution in [0.5, 0.6) is 0 Å². The highest BCUT2D eigenvalue weighted by molar-refractivity contribution is 7.09. The summed E-state index contributed by atoms with van der Waals surface area (Å²) in [5.74, 6) is 0.162. The average molecular weight is 355 g/mol. The van der Waals surface area contributed by atoms with Gasteiger partial charge in [0.2, 0.25) is 0 Å². The van der Waals surface area contributed by atoms with Crippen LogP contribution < -0.4 is 10.6 Å². The lowest BCUT2D eigenvalue weighted by Crippen LogP contribution is -2.23. The molecule has 0 aliphatic rings. The number of furan rings is 1. The van der Waals surface area contributed by atoms with Crippen molar-refractivity contribution in [1.82, 2.24) is 15.6 Å². The normalized spacial score (nSPS) is 10.5. The fourth-order valence-electron chi connectivity index (χ4n) is 2.32. The molecule has 0 aliphatic carbocycles. The van der Waals surface area contributed by atoms with Gasteiger partial charge in [-0.3, -0.25) is 9.59 Å². The van der Waals surface area contributed by atoms with Crippen LogP contribution in [0, 0.1) is 6.92 Å². The maximum atomic E-state index is 12.3. The van der Waals surface area contributed by atoms with E-state index in [9.17, 15) is 9.59 Å². The Kier molecular flexibility index (Phi) is 4.95. The third-order valence-corrected chi connectivity index (χ3v) is 4.38. The van der Waals surface area contributed by atoms with Crippen molar-refractivity contribution < 1.29 is 14.0 Å². The molecule has 1 aromatic carbocycles. The summed E-state index contributed by atoms with van der Waals surface area (Å²) in [5.41, 5.74) is 2.55. The Morgan fingerprint density at radius 3 is 2.76 bits per heavy atom. The zero-order valence-corrected chi connectivity index (χ0v) is 14.6. The van der Waals surface area contributed by atoms with Gasteiger partial charge in [-0.15, -0.1) is 11.3 Å².